The fraction of sp³-hybridized carbons (Fsp3) is 0.185. The van der Waals surface area contributed by atoms with Crippen molar-refractivity contribution in [2.24, 2.45) is 0 Å². The van der Waals surface area contributed by atoms with Crippen LogP contribution in [0.4, 0.5) is 0 Å². The van der Waals surface area contributed by atoms with Gasteiger partial charge in [0.25, 0.3) is 0 Å². The number of furan rings is 1. The van der Waals surface area contributed by atoms with Crippen molar-refractivity contribution >= 4 is 22.4 Å². The van der Waals surface area contributed by atoms with Crippen molar-refractivity contribution in [3.63, 3.8) is 0 Å². The van der Waals surface area contributed by atoms with Crippen molar-refractivity contribution in [2.45, 2.75) is 27.3 Å². The number of hydrogen-bond donors (Lipinski definition) is 1. The van der Waals surface area contributed by atoms with Gasteiger partial charge in [0.05, 0.1) is 25.1 Å². The number of nitrogens with one attached hydrogen (secondary N) is 1. The van der Waals surface area contributed by atoms with Crippen molar-refractivity contribution in [1.82, 2.24) is 10.3 Å². The SMILES string of the molecule is CCOc1cc2occ(-c3ccc(C)cc3)c2cc1/C(C)=C/C(=O)NCc1ccccn1. The third-order valence-corrected chi connectivity index (χ3v) is 5.28. The number of nitrogens with zero attached hydrogens (tertiary/aromatic N) is 1. The zero-order valence-corrected chi connectivity index (χ0v) is 18.5. The number of fused-ring (bicyclic) bond motifs is 1. The molecule has 2 aromatic carbocycles. The number of pyridine rings is 1. The fourth-order valence-electron chi connectivity index (χ4n) is 3.60. The lowest BCUT2D eigenvalue weighted by molar-refractivity contribution is -0.116. The Kier molecular flexibility index (Phi) is 6.36. The highest BCUT2D eigenvalue weighted by atomic mass is 16.5. The molecule has 0 radical (unpaired) electrons. The van der Waals surface area contributed by atoms with Crippen LogP contribution in [0.3, 0.4) is 0 Å². The number of aromatic nitrogens is 1. The number of rotatable bonds is 7. The van der Waals surface area contributed by atoms with Gasteiger partial charge in [-0.2, -0.15) is 0 Å². The summed E-state index contributed by atoms with van der Waals surface area (Å²) in [5, 5.41) is 3.87. The number of aryl methyl sites for hydroxylation is 1. The zero-order chi connectivity index (χ0) is 22.5. The minimum Gasteiger partial charge on any atom is -0.493 e. The molecule has 0 aliphatic rings. The number of amides is 1. The van der Waals surface area contributed by atoms with E-state index in [-0.39, 0.29) is 5.91 Å². The van der Waals surface area contributed by atoms with Crippen LogP contribution in [0.2, 0.25) is 0 Å². The molecular formula is C27H26N2O3. The standard InChI is InChI=1S/C27H26N2O3/c1-4-31-25-15-26-23(24(17-32-26)20-10-8-18(2)9-11-20)14-22(25)19(3)13-27(30)29-16-21-7-5-6-12-28-21/h5-15,17H,4,16H2,1-3H3,(H,29,30)/b19-13+. The molecular weight excluding hydrogens is 400 g/mol. The van der Waals surface area contributed by atoms with E-state index in [1.807, 2.05) is 44.2 Å². The second-order valence-electron chi connectivity index (χ2n) is 7.66. The fourth-order valence-corrected chi connectivity index (χ4v) is 3.60. The van der Waals surface area contributed by atoms with E-state index in [0.29, 0.717) is 18.9 Å². The molecule has 32 heavy (non-hydrogen) atoms. The maximum atomic E-state index is 12.5. The average molecular weight is 427 g/mol. The molecule has 0 fully saturated rings. The van der Waals surface area contributed by atoms with Crippen molar-refractivity contribution in [1.29, 1.82) is 0 Å². The highest BCUT2D eigenvalue weighted by molar-refractivity contribution is 6.00. The number of allylic oxidation sites excluding steroid dienone is 1. The van der Waals surface area contributed by atoms with E-state index in [9.17, 15) is 4.79 Å². The van der Waals surface area contributed by atoms with Crippen LogP contribution in [-0.4, -0.2) is 17.5 Å². The summed E-state index contributed by atoms with van der Waals surface area (Å²) in [6.07, 6.45) is 5.08. The third kappa shape index (κ3) is 4.72. The van der Waals surface area contributed by atoms with Crippen LogP contribution in [-0.2, 0) is 11.3 Å². The molecule has 0 aliphatic heterocycles. The Morgan fingerprint density at radius 2 is 1.97 bits per heavy atom. The summed E-state index contributed by atoms with van der Waals surface area (Å²) in [5.74, 6) is 0.512. The molecule has 0 unspecified atom stereocenters. The summed E-state index contributed by atoms with van der Waals surface area (Å²) in [4.78, 5) is 16.8. The molecule has 4 rings (SSSR count). The van der Waals surface area contributed by atoms with E-state index in [4.69, 9.17) is 9.15 Å². The van der Waals surface area contributed by atoms with Crippen LogP contribution >= 0.6 is 0 Å². The van der Waals surface area contributed by atoms with E-state index in [2.05, 4.69) is 41.5 Å². The smallest absolute Gasteiger partial charge is 0.244 e. The number of benzene rings is 2. The van der Waals surface area contributed by atoms with Crippen LogP contribution in [0.5, 0.6) is 5.75 Å². The Hall–Kier alpha value is -3.86. The molecule has 2 aromatic heterocycles. The summed E-state index contributed by atoms with van der Waals surface area (Å²) < 4.78 is 11.7. The molecule has 2 heterocycles. The van der Waals surface area contributed by atoms with Gasteiger partial charge in [-0.05, 0) is 50.1 Å². The quantitative estimate of drug-likeness (QED) is 0.373. The van der Waals surface area contributed by atoms with E-state index in [0.717, 1.165) is 38.9 Å². The Bertz CT molecular complexity index is 1260. The molecule has 1 N–H and O–H groups in total. The third-order valence-electron chi connectivity index (χ3n) is 5.28. The zero-order valence-electron chi connectivity index (χ0n) is 18.5. The van der Waals surface area contributed by atoms with Crippen molar-refractivity contribution in [3.8, 4) is 16.9 Å². The topological polar surface area (TPSA) is 64.4 Å². The number of carbonyl (C=O) groups is 1. The van der Waals surface area contributed by atoms with Gasteiger partial charge in [-0.3, -0.25) is 9.78 Å². The van der Waals surface area contributed by atoms with Crippen LogP contribution in [0.15, 0.2) is 77.6 Å². The van der Waals surface area contributed by atoms with Gasteiger partial charge in [0.15, 0.2) is 0 Å². The maximum absolute atomic E-state index is 12.5. The maximum Gasteiger partial charge on any atom is 0.244 e. The minimum absolute atomic E-state index is 0.179. The second kappa shape index (κ2) is 9.52. The molecule has 5 nitrogen and oxygen atoms in total. The molecule has 0 aliphatic carbocycles. The molecule has 5 heteroatoms. The van der Waals surface area contributed by atoms with E-state index < -0.39 is 0 Å². The molecule has 0 spiro atoms. The molecule has 0 bridgehead atoms. The number of ether oxygens (including phenoxy) is 1. The van der Waals surface area contributed by atoms with Gasteiger partial charge < -0.3 is 14.5 Å². The van der Waals surface area contributed by atoms with Gasteiger partial charge in [0, 0.05) is 34.9 Å². The Labute approximate surface area is 187 Å². The predicted octanol–water partition coefficient (Wildman–Crippen LogP) is 5.92. The normalized spacial score (nSPS) is 11.5. The first-order valence-corrected chi connectivity index (χ1v) is 10.7. The van der Waals surface area contributed by atoms with Crippen LogP contribution in [0, 0.1) is 6.92 Å². The summed E-state index contributed by atoms with van der Waals surface area (Å²) in [6.45, 7) is 6.81. The van der Waals surface area contributed by atoms with Crippen LogP contribution < -0.4 is 10.1 Å². The van der Waals surface area contributed by atoms with Gasteiger partial charge in [0.1, 0.15) is 11.3 Å². The lowest BCUT2D eigenvalue weighted by Gasteiger charge is -2.12. The molecule has 1 amide bonds. The first kappa shape index (κ1) is 21.4. The molecule has 0 saturated heterocycles. The summed E-state index contributed by atoms with van der Waals surface area (Å²) in [7, 11) is 0. The molecule has 4 aromatic rings. The predicted molar refractivity (Wildman–Crippen MR) is 127 cm³/mol. The average Bonchev–Trinajstić information content (AvgIpc) is 3.21. The van der Waals surface area contributed by atoms with Gasteiger partial charge in [-0.1, -0.05) is 35.9 Å². The first-order chi connectivity index (χ1) is 15.5. The number of hydrogen-bond acceptors (Lipinski definition) is 4. The first-order valence-electron chi connectivity index (χ1n) is 10.7. The van der Waals surface area contributed by atoms with Crippen molar-refractivity contribution < 1.29 is 13.9 Å². The summed E-state index contributed by atoms with van der Waals surface area (Å²) >= 11 is 0. The molecule has 0 atom stereocenters. The van der Waals surface area contributed by atoms with Crippen LogP contribution in [0.1, 0.15) is 30.7 Å². The van der Waals surface area contributed by atoms with Gasteiger partial charge in [0.2, 0.25) is 5.91 Å². The lowest BCUT2D eigenvalue weighted by atomic mass is 9.99. The van der Waals surface area contributed by atoms with Gasteiger partial charge >= 0.3 is 0 Å². The Morgan fingerprint density at radius 1 is 1.16 bits per heavy atom. The van der Waals surface area contributed by atoms with E-state index in [1.54, 1.807) is 18.5 Å². The minimum atomic E-state index is -0.179. The summed E-state index contributed by atoms with van der Waals surface area (Å²) in [5.41, 5.74) is 6.53. The van der Waals surface area contributed by atoms with E-state index in [1.165, 1.54) is 5.56 Å². The van der Waals surface area contributed by atoms with Crippen molar-refractivity contribution in [3.05, 3.63) is 90.0 Å². The number of carbonyl (C=O) groups excluding carboxylic acids is 1. The Balaban J connectivity index is 1.66. The van der Waals surface area contributed by atoms with Crippen molar-refractivity contribution in [2.75, 3.05) is 6.61 Å². The Morgan fingerprint density at radius 3 is 2.69 bits per heavy atom. The molecule has 162 valence electrons. The lowest BCUT2D eigenvalue weighted by Crippen LogP contribution is -2.21. The van der Waals surface area contributed by atoms with E-state index >= 15 is 0 Å². The highest BCUT2D eigenvalue weighted by Gasteiger charge is 2.15. The van der Waals surface area contributed by atoms with Crippen LogP contribution in [0.25, 0.3) is 27.7 Å². The van der Waals surface area contributed by atoms with Gasteiger partial charge in [-0.25, -0.2) is 0 Å². The van der Waals surface area contributed by atoms with Gasteiger partial charge in [-0.15, -0.1) is 0 Å². The largest absolute Gasteiger partial charge is 0.493 e. The summed E-state index contributed by atoms with van der Waals surface area (Å²) in [6, 6.07) is 17.9. The highest BCUT2D eigenvalue weighted by Crippen LogP contribution is 2.37. The second-order valence-corrected chi connectivity index (χ2v) is 7.66. The monoisotopic (exact) mass is 426 g/mol. The molecule has 0 saturated carbocycles.